The van der Waals surface area contributed by atoms with Crippen LogP contribution in [0.1, 0.15) is 5.56 Å². The number of amides is 1. The largest absolute Gasteiger partial charge is 0.397 e. The molecule has 0 saturated carbocycles. The molecule has 0 aromatic heterocycles. The molecular weight excluding hydrogens is 361 g/mol. The van der Waals surface area contributed by atoms with E-state index >= 15 is 0 Å². The first-order valence-electron chi connectivity index (χ1n) is 6.08. The van der Waals surface area contributed by atoms with Gasteiger partial charge in [-0.25, -0.2) is 4.39 Å². The number of nitrogens with two attached hydrogens (primary N) is 1. The molecule has 3 rings (SSSR count). The minimum atomic E-state index is -0.438. The van der Waals surface area contributed by atoms with Crippen LogP contribution in [-0.4, -0.2) is 5.91 Å². The second-order valence-electron chi connectivity index (χ2n) is 4.69. The van der Waals surface area contributed by atoms with Gasteiger partial charge in [0.25, 0.3) is 0 Å². The molecule has 0 fully saturated rings. The molecule has 21 heavy (non-hydrogen) atoms. The van der Waals surface area contributed by atoms with Crippen LogP contribution in [0, 0.1) is 5.82 Å². The molecule has 108 valence electrons. The number of hydrogen-bond donors (Lipinski definition) is 3. The Labute approximate surface area is 133 Å². The third kappa shape index (κ3) is 2.69. The van der Waals surface area contributed by atoms with Gasteiger partial charge in [-0.2, -0.15) is 0 Å². The van der Waals surface area contributed by atoms with Crippen LogP contribution in [0.3, 0.4) is 0 Å². The summed E-state index contributed by atoms with van der Waals surface area (Å²) in [4.78, 5) is 11.4. The Morgan fingerprint density at radius 3 is 2.81 bits per heavy atom. The van der Waals surface area contributed by atoms with E-state index in [1.165, 1.54) is 12.1 Å². The molecule has 7 heteroatoms. The lowest BCUT2D eigenvalue weighted by molar-refractivity contribution is -0.115. The standard InChI is InChI=1S/C14H10BrClFN3O/c15-8-3-7(17)4-9(16)14(8)20-12-5-11-6(1-10(12)18)2-13(21)19-11/h1,3-5,20H,2,18H2,(H,19,21). The maximum absolute atomic E-state index is 13.2. The van der Waals surface area contributed by atoms with Crippen LogP contribution in [0.15, 0.2) is 28.7 Å². The first-order chi connectivity index (χ1) is 9.94. The number of fused-ring (bicyclic) bond motifs is 1. The van der Waals surface area contributed by atoms with Crippen LogP contribution < -0.4 is 16.4 Å². The van der Waals surface area contributed by atoms with E-state index in [0.29, 0.717) is 33.6 Å². The number of nitrogen functional groups attached to an aromatic ring is 1. The Bertz CT molecular complexity index is 743. The van der Waals surface area contributed by atoms with Gasteiger partial charge < -0.3 is 16.4 Å². The van der Waals surface area contributed by atoms with Gasteiger partial charge in [0.2, 0.25) is 5.91 Å². The molecule has 0 aliphatic carbocycles. The highest BCUT2D eigenvalue weighted by atomic mass is 79.9. The number of carbonyl (C=O) groups excluding carboxylic acids is 1. The molecule has 4 N–H and O–H groups in total. The lowest BCUT2D eigenvalue weighted by Gasteiger charge is -2.14. The summed E-state index contributed by atoms with van der Waals surface area (Å²) < 4.78 is 13.7. The molecule has 0 saturated heterocycles. The minimum absolute atomic E-state index is 0.0671. The molecule has 0 unspecified atom stereocenters. The Morgan fingerprint density at radius 2 is 2.10 bits per heavy atom. The van der Waals surface area contributed by atoms with Gasteiger partial charge in [-0.15, -0.1) is 0 Å². The van der Waals surface area contributed by atoms with E-state index < -0.39 is 5.82 Å². The Balaban J connectivity index is 2.00. The van der Waals surface area contributed by atoms with Crippen LogP contribution in [0.2, 0.25) is 5.02 Å². The number of rotatable bonds is 2. The molecule has 0 atom stereocenters. The van der Waals surface area contributed by atoms with E-state index in [-0.39, 0.29) is 10.9 Å². The first-order valence-corrected chi connectivity index (χ1v) is 7.25. The monoisotopic (exact) mass is 369 g/mol. The SMILES string of the molecule is Nc1cc2c(cc1Nc1c(Cl)cc(F)cc1Br)NC(=O)C2. The smallest absolute Gasteiger partial charge is 0.228 e. The predicted molar refractivity (Wildman–Crippen MR) is 85.6 cm³/mol. The summed E-state index contributed by atoms with van der Waals surface area (Å²) in [7, 11) is 0. The molecule has 1 amide bonds. The molecule has 2 aromatic carbocycles. The van der Waals surface area contributed by atoms with Gasteiger partial charge in [0.15, 0.2) is 0 Å². The zero-order valence-electron chi connectivity index (χ0n) is 10.6. The van der Waals surface area contributed by atoms with E-state index in [4.69, 9.17) is 17.3 Å². The van der Waals surface area contributed by atoms with Crippen molar-refractivity contribution in [3.63, 3.8) is 0 Å². The topological polar surface area (TPSA) is 67.2 Å². The molecule has 4 nitrogen and oxygen atoms in total. The summed E-state index contributed by atoms with van der Waals surface area (Å²) >= 11 is 9.29. The van der Waals surface area contributed by atoms with Gasteiger partial charge in [0.1, 0.15) is 5.82 Å². The summed E-state index contributed by atoms with van der Waals surface area (Å²) in [5, 5.41) is 6.04. The van der Waals surface area contributed by atoms with Crippen molar-refractivity contribution in [2.24, 2.45) is 0 Å². The van der Waals surface area contributed by atoms with Crippen molar-refractivity contribution in [3.05, 3.63) is 45.1 Å². The van der Waals surface area contributed by atoms with Gasteiger partial charge in [0, 0.05) is 10.2 Å². The molecule has 1 aliphatic heterocycles. The number of halogens is 3. The molecule has 0 spiro atoms. The van der Waals surface area contributed by atoms with Crippen LogP contribution in [0.25, 0.3) is 0 Å². The van der Waals surface area contributed by atoms with Gasteiger partial charge in [-0.3, -0.25) is 4.79 Å². The highest BCUT2D eigenvalue weighted by Crippen LogP contribution is 2.38. The van der Waals surface area contributed by atoms with E-state index in [1.54, 1.807) is 12.1 Å². The van der Waals surface area contributed by atoms with Crippen LogP contribution in [-0.2, 0) is 11.2 Å². The number of benzene rings is 2. The van der Waals surface area contributed by atoms with Gasteiger partial charge in [-0.1, -0.05) is 11.6 Å². The van der Waals surface area contributed by atoms with Crippen LogP contribution >= 0.6 is 27.5 Å². The average Bonchev–Trinajstić information content (AvgIpc) is 2.72. The fourth-order valence-corrected chi connectivity index (χ4v) is 3.10. The molecule has 0 bridgehead atoms. The third-order valence-corrected chi connectivity index (χ3v) is 4.09. The quantitative estimate of drug-likeness (QED) is 0.698. The number of nitrogens with one attached hydrogen (secondary N) is 2. The Morgan fingerprint density at radius 1 is 1.33 bits per heavy atom. The fourth-order valence-electron chi connectivity index (χ4n) is 2.20. The zero-order valence-corrected chi connectivity index (χ0v) is 13.0. The third-order valence-electron chi connectivity index (χ3n) is 3.17. The lowest BCUT2D eigenvalue weighted by Crippen LogP contribution is -2.03. The highest BCUT2D eigenvalue weighted by Gasteiger charge is 2.20. The molecule has 1 heterocycles. The fraction of sp³-hybridized carbons (Fsp3) is 0.0714. The maximum atomic E-state index is 13.2. The van der Waals surface area contributed by atoms with Crippen LogP contribution in [0.5, 0.6) is 0 Å². The van der Waals surface area contributed by atoms with Crippen molar-refractivity contribution >= 4 is 56.2 Å². The van der Waals surface area contributed by atoms with E-state index in [2.05, 4.69) is 26.6 Å². The van der Waals surface area contributed by atoms with Crippen molar-refractivity contribution in [1.82, 2.24) is 0 Å². The number of hydrogen-bond acceptors (Lipinski definition) is 3. The summed E-state index contributed by atoms with van der Waals surface area (Å²) in [6, 6.07) is 5.99. The maximum Gasteiger partial charge on any atom is 0.228 e. The predicted octanol–water partition coefficient (Wildman–Crippen LogP) is 4.06. The summed E-state index contributed by atoms with van der Waals surface area (Å²) in [6.07, 6.45) is 0.320. The summed E-state index contributed by atoms with van der Waals surface area (Å²) in [5.41, 5.74) is 9.13. The average molecular weight is 371 g/mol. The first kappa shape index (κ1) is 14.2. The van der Waals surface area contributed by atoms with Crippen molar-refractivity contribution in [2.45, 2.75) is 6.42 Å². The normalized spacial score (nSPS) is 13.0. The lowest BCUT2D eigenvalue weighted by atomic mass is 10.1. The molecular formula is C14H10BrClFN3O. The summed E-state index contributed by atoms with van der Waals surface area (Å²) in [5.74, 6) is -0.505. The molecule has 1 aliphatic rings. The van der Waals surface area contributed by atoms with Crippen molar-refractivity contribution in [1.29, 1.82) is 0 Å². The Hall–Kier alpha value is -1.79. The van der Waals surface area contributed by atoms with Crippen molar-refractivity contribution in [2.75, 3.05) is 16.4 Å². The second-order valence-corrected chi connectivity index (χ2v) is 5.95. The number of anilines is 4. The molecule has 0 radical (unpaired) electrons. The van der Waals surface area contributed by atoms with Gasteiger partial charge in [-0.05, 0) is 45.8 Å². The zero-order chi connectivity index (χ0) is 15.1. The second kappa shape index (κ2) is 5.20. The summed E-state index contributed by atoms with van der Waals surface area (Å²) in [6.45, 7) is 0. The number of carbonyl (C=O) groups is 1. The minimum Gasteiger partial charge on any atom is -0.397 e. The van der Waals surface area contributed by atoms with E-state index in [9.17, 15) is 9.18 Å². The van der Waals surface area contributed by atoms with E-state index in [0.717, 1.165) is 5.56 Å². The van der Waals surface area contributed by atoms with Crippen molar-refractivity contribution in [3.8, 4) is 0 Å². The highest BCUT2D eigenvalue weighted by molar-refractivity contribution is 9.10. The van der Waals surface area contributed by atoms with E-state index in [1.807, 2.05) is 0 Å². The Kier molecular flexibility index (Phi) is 3.51. The van der Waals surface area contributed by atoms with Crippen LogP contribution in [0.4, 0.5) is 27.1 Å². The van der Waals surface area contributed by atoms with Gasteiger partial charge >= 0.3 is 0 Å². The molecule has 2 aromatic rings. The van der Waals surface area contributed by atoms with Gasteiger partial charge in [0.05, 0.1) is 28.5 Å². The van der Waals surface area contributed by atoms with Crippen molar-refractivity contribution < 1.29 is 9.18 Å².